The largest absolute Gasteiger partial charge is 0.318 e. The fourth-order valence-corrected chi connectivity index (χ4v) is 3.52. The third-order valence-corrected chi connectivity index (χ3v) is 4.43. The number of aromatic nitrogens is 1. The molecule has 0 saturated carbocycles. The summed E-state index contributed by atoms with van der Waals surface area (Å²) >= 11 is 1.81. The van der Waals surface area contributed by atoms with Gasteiger partial charge in [0, 0.05) is 23.4 Å². The highest BCUT2D eigenvalue weighted by molar-refractivity contribution is 7.09. The van der Waals surface area contributed by atoms with E-state index in [1.54, 1.807) is 0 Å². The maximum Gasteiger partial charge on any atom is 0.107 e. The molecule has 1 saturated heterocycles. The van der Waals surface area contributed by atoms with E-state index in [1.807, 2.05) is 18.4 Å². The molecule has 1 unspecified atom stereocenters. The van der Waals surface area contributed by atoms with Crippen molar-refractivity contribution < 1.29 is 0 Å². The van der Waals surface area contributed by atoms with Crippen molar-refractivity contribution >= 4 is 11.3 Å². The highest BCUT2D eigenvalue weighted by Crippen LogP contribution is 2.26. The number of thiazole rings is 1. The van der Waals surface area contributed by atoms with Crippen molar-refractivity contribution in [1.29, 1.82) is 0 Å². The summed E-state index contributed by atoms with van der Waals surface area (Å²) in [6, 6.07) is 0.692. The summed E-state index contributed by atoms with van der Waals surface area (Å²) in [5, 5.41) is 6.78. The lowest BCUT2D eigenvalue weighted by molar-refractivity contribution is 0.241. The summed E-state index contributed by atoms with van der Waals surface area (Å²) in [5.41, 5.74) is 1.40. The maximum atomic E-state index is 4.80. The fraction of sp³-hybridized carbons (Fsp3) is 0.786. The third-order valence-electron chi connectivity index (χ3n) is 3.60. The van der Waals surface area contributed by atoms with E-state index in [2.05, 4.69) is 36.4 Å². The summed E-state index contributed by atoms with van der Waals surface area (Å²) in [5.74, 6) is 0. The Kier molecular flexibility index (Phi) is 4.41. The van der Waals surface area contributed by atoms with Crippen LogP contribution in [0.3, 0.4) is 0 Å². The highest BCUT2D eigenvalue weighted by atomic mass is 32.1. The van der Waals surface area contributed by atoms with Crippen molar-refractivity contribution in [2.45, 2.75) is 51.6 Å². The topological polar surface area (TPSA) is 28.2 Å². The number of hydrogen-bond donors (Lipinski definition) is 1. The number of nitrogens with one attached hydrogen (secondary N) is 1. The van der Waals surface area contributed by atoms with Crippen molar-refractivity contribution in [2.75, 3.05) is 20.1 Å². The molecule has 18 heavy (non-hydrogen) atoms. The second kappa shape index (κ2) is 5.68. The molecular formula is C14H25N3S. The predicted octanol–water partition coefficient (Wildman–Crippen LogP) is 2.62. The molecule has 0 bridgehead atoms. The smallest absolute Gasteiger partial charge is 0.107 e. The van der Waals surface area contributed by atoms with Crippen molar-refractivity contribution in [1.82, 2.24) is 15.2 Å². The van der Waals surface area contributed by atoms with Gasteiger partial charge in [-0.2, -0.15) is 0 Å². The Morgan fingerprint density at radius 2 is 2.28 bits per heavy atom. The minimum absolute atomic E-state index is 0.171. The van der Waals surface area contributed by atoms with Gasteiger partial charge in [-0.05, 0) is 26.4 Å². The van der Waals surface area contributed by atoms with Crippen LogP contribution in [0.15, 0.2) is 5.38 Å². The Bertz CT molecular complexity index is 381. The van der Waals surface area contributed by atoms with Crippen LogP contribution < -0.4 is 5.32 Å². The van der Waals surface area contributed by atoms with Gasteiger partial charge >= 0.3 is 0 Å². The second-order valence-electron chi connectivity index (χ2n) is 6.20. The van der Waals surface area contributed by atoms with Gasteiger partial charge in [-0.15, -0.1) is 11.3 Å². The first-order chi connectivity index (χ1) is 8.50. The first kappa shape index (κ1) is 14.0. The highest BCUT2D eigenvalue weighted by Gasteiger charge is 2.25. The van der Waals surface area contributed by atoms with E-state index in [4.69, 9.17) is 4.98 Å². The SMILES string of the molecule is CNCC1CCCN1Cc1nc(C(C)(C)C)cs1. The van der Waals surface area contributed by atoms with Crippen LogP contribution in [-0.2, 0) is 12.0 Å². The summed E-state index contributed by atoms with van der Waals surface area (Å²) < 4.78 is 0. The Morgan fingerprint density at radius 1 is 1.50 bits per heavy atom. The molecule has 1 fully saturated rings. The molecule has 102 valence electrons. The molecule has 0 spiro atoms. The standard InChI is InChI=1S/C14H25N3S/c1-14(2,3)12-10-18-13(16-12)9-17-7-5-6-11(17)8-15-4/h10-11,15H,5-9H2,1-4H3. The molecule has 2 rings (SSSR count). The van der Waals surface area contributed by atoms with Crippen LogP contribution in [0.2, 0.25) is 0 Å². The molecule has 0 radical (unpaired) electrons. The quantitative estimate of drug-likeness (QED) is 0.909. The van der Waals surface area contributed by atoms with Gasteiger partial charge in [0.15, 0.2) is 0 Å². The average Bonchev–Trinajstić information content (AvgIpc) is 2.89. The molecular weight excluding hydrogens is 242 g/mol. The lowest BCUT2D eigenvalue weighted by Crippen LogP contribution is -2.36. The molecule has 0 aliphatic carbocycles. The van der Waals surface area contributed by atoms with Crippen molar-refractivity contribution in [3.05, 3.63) is 16.1 Å². The Balaban J connectivity index is 1.99. The normalized spacial score (nSPS) is 21.7. The maximum absolute atomic E-state index is 4.80. The van der Waals surface area contributed by atoms with Crippen LogP contribution in [0.5, 0.6) is 0 Å². The summed E-state index contributed by atoms with van der Waals surface area (Å²) in [6.07, 6.45) is 2.64. The van der Waals surface area contributed by atoms with Gasteiger partial charge in [0.2, 0.25) is 0 Å². The molecule has 4 heteroatoms. The van der Waals surface area contributed by atoms with E-state index in [9.17, 15) is 0 Å². The zero-order valence-corrected chi connectivity index (χ0v) is 12.8. The van der Waals surface area contributed by atoms with E-state index in [0.29, 0.717) is 6.04 Å². The van der Waals surface area contributed by atoms with E-state index < -0.39 is 0 Å². The molecule has 1 atom stereocenters. The average molecular weight is 267 g/mol. The van der Waals surface area contributed by atoms with Crippen LogP contribution in [0.25, 0.3) is 0 Å². The molecule has 1 aromatic rings. The number of nitrogens with zero attached hydrogens (tertiary/aromatic N) is 2. The van der Waals surface area contributed by atoms with E-state index in [1.165, 1.54) is 30.1 Å². The Hall–Kier alpha value is -0.450. The number of hydrogen-bond acceptors (Lipinski definition) is 4. The molecule has 0 amide bonds. The van der Waals surface area contributed by atoms with Crippen LogP contribution in [0.1, 0.15) is 44.3 Å². The van der Waals surface area contributed by atoms with Crippen LogP contribution in [-0.4, -0.2) is 36.1 Å². The lowest BCUT2D eigenvalue weighted by atomic mass is 9.93. The minimum atomic E-state index is 0.171. The molecule has 0 aromatic carbocycles. The molecule has 1 aromatic heterocycles. The first-order valence-electron chi connectivity index (χ1n) is 6.84. The Labute approximate surface area is 115 Å². The monoisotopic (exact) mass is 267 g/mol. The molecule has 1 N–H and O–H groups in total. The van der Waals surface area contributed by atoms with Gasteiger partial charge in [-0.3, -0.25) is 4.90 Å². The minimum Gasteiger partial charge on any atom is -0.318 e. The van der Waals surface area contributed by atoms with Gasteiger partial charge in [0.25, 0.3) is 0 Å². The van der Waals surface area contributed by atoms with Gasteiger partial charge in [0.05, 0.1) is 12.2 Å². The zero-order chi connectivity index (χ0) is 13.2. The summed E-state index contributed by atoms with van der Waals surface area (Å²) in [7, 11) is 2.04. The van der Waals surface area contributed by atoms with Crippen LogP contribution in [0, 0.1) is 0 Å². The first-order valence-corrected chi connectivity index (χ1v) is 7.72. The summed E-state index contributed by atoms with van der Waals surface area (Å²) in [4.78, 5) is 7.37. The predicted molar refractivity (Wildman–Crippen MR) is 78.2 cm³/mol. The number of rotatable bonds is 4. The van der Waals surface area contributed by atoms with Gasteiger partial charge in [-0.1, -0.05) is 20.8 Å². The second-order valence-corrected chi connectivity index (χ2v) is 7.14. The number of likely N-dealkylation sites (tertiary alicyclic amines) is 1. The van der Waals surface area contributed by atoms with Gasteiger partial charge < -0.3 is 5.32 Å². The van der Waals surface area contributed by atoms with Crippen molar-refractivity contribution in [2.24, 2.45) is 0 Å². The van der Waals surface area contributed by atoms with E-state index >= 15 is 0 Å². The molecule has 2 heterocycles. The molecule has 1 aliphatic rings. The van der Waals surface area contributed by atoms with Crippen molar-refractivity contribution in [3.8, 4) is 0 Å². The van der Waals surface area contributed by atoms with Gasteiger partial charge in [0.1, 0.15) is 5.01 Å². The van der Waals surface area contributed by atoms with E-state index in [0.717, 1.165) is 13.1 Å². The van der Waals surface area contributed by atoms with Gasteiger partial charge in [-0.25, -0.2) is 4.98 Å². The van der Waals surface area contributed by atoms with E-state index in [-0.39, 0.29) is 5.41 Å². The van der Waals surface area contributed by atoms with Crippen LogP contribution in [0.4, 0.5) is 0 Å². The fourth-order valence-electron chi connectivity index (χ4n) is 2.47. The summed E-state index contributed by atoms with van der Waals surface area (Å²) in [6.45, 7) is 10.0. The lowest BCUT2D eigenvalue weighted by Gasteiger charge is -2.23. The Morgan fingerprint density at radius 3 is 2.89 bits per heavy atom. The van der Waals surface area contributed by atoms with Crippen molar-refractivity contribution in [3.63, 3.8) is 0 Å². The molecule has 3 nitrogen and oxygen atoms in total. The van der Waals surface area contributed by atoms with Crippen LogP contribution >= 0.6 is 11.3 Å². The number of likely N-dealkylation sites (N-methyl/N-ethyl adjacent to an activating group) is 1. The zero-order valence-electron chi connectivity index (χ0n) is 12.0. The third kappa shape index (κ3) is 3.31. The molecule has 1 aliphatic heterocycles.